The van der Waals surface area contributed by atoms with Crippen molar-refractivity contribution in [2.24, 2.45) is 7.05 Å². The smallest absolute Gasteiger partial charge is 0.216 e. The van der Waals surface area contributed by atoms with E-state index in [-0.39, 0.29) is 10.8 Å². The summed E-state index contributed by atoms with van der Waals surface area (Å²) in [6.07, 6.45) is 4.49. The first-order chi connectivity index (χ1) is 15.7. The summed E-state index contributed by atoms with van der Waals surface area (Å²) >= 11 is 0. The number of aromatic nitrogens is 1. The minimum atomic E-state index is 0.0840. The molecular formula is C31H32NO+. The van der Waals surface area contributed by atoms with Gasteiger partial charge in [-0.1, -0.05) is 64.1 Å². The average molecular weight is 435 g/mol. The SMILES string of the molecule is Cc1c(-c2cccc[n+]2C)c2oc3c4c(ccc3c2c2ccccc12)C(C)(C)CCC4(C)C. The van der Waals surface area contributed by atoms with Crippen molar-refractivity contribution in [2.45, 2.75) is 58.3 Å². The van der Waals surface area contributed by atoms with Crippen LogP contribution in [-0.2, 0) is 17.9 Å². The van der Waals surface area contributed by atoms with Gasteiger partial charge in [0.05, 0.1) is 5.56 Å². The van der Waals surface area contributed by atoms with E-state index in [1.807, 2.05) is 0 Å². The third kappa shape index (κ3) is 2.76. The molecule has 0 spiro atoms. The summed E-state index contributed by atoms with van der Waals surface area (Å²) in [7, 11) is 2.12. The number of rotatable bonds is 1. The maximum atomic E-state index is 7.00. The second-order valence-corrected chi connectivity index (χ2v) is 11.2. The van der Waals surface area contributed by atoms with Crippen LogP contribution in [0.1, 0.15) is 57.2 Å². The molecule has 2 heterocycles. The molecule has 0 saturated carbocycles. The highest BCUT2D eigenvalue weighted by atomic mass is 16.3. The zero-order chi connectivity index (χ0) is 23.1. The normalized spacial score (nSPS) is 17.0. The third-order valence-corrected chi connectivity index (χ3v) is 8.15. The molecule has 3 aromatic carbocycles. The van der Waals surface area contributed by atoms with Gasteiger partial charge in [-0.05, 0) is 58.6 Å². The van der Waals surface area contributed by atoms with Crippen molar-refractivity contribution in [2.75, 3.05) is 0 Å². The lowest BCUT2D eigenvalue weighted by atomic mass is 9.63. The maximum Gasteiger partial charge on any atom is 0.216 e. The molecule has 2 aromatic heterocycles. The molecule has 0 aliphatic heterocycles. The van der Waals surface area contributed by atoms with E-state index in [1.165, 1.54) is 62.3 Å². The molecule has 5 aromatic rings. The second kappa shape index (κ2) is 6.70. The summed E-state index contributed by atoms with van der Waals surface area (Å²) in [5, 5.41) is 5.06. The Balaban J connectivity index is 1.87. The molecule has 0 unspecified atom stereocenters. The molecule has 2 nitrogen and oxygen atoms in total. The van der Waals surface area contributed by atoms with Crippen LogP contribution in [0, 0.1) is 6.92 Å². The maximum absolute atomic E-state index is 7.00. The molecule has 0 atom stereocenters. The van der Waals surface area contributed by atoms with Crippen LogP contribution in [0.3, 0.4) is 0 Å². The monoisotopic (exact) mass is 434 g/mol. The Morgan fingerprint density at radius 1 is 0.758 bits per heavy atom. The van der Waals surface area contributed by atoms with E-state index in [4.69, 9.17) is 4.42 Å². The summed E-state index contributed by atoms with van der Waals surface area (Å²) in [5.41, 5.74) is 8.82. The van der Waals surface area contributed by atoms with Crippen LogP contribution < -0.4 is 4.57 Å². The predicted molar refractivity (Wildman–Crippen MR) is 138 cm³/mol. The van der Waals surface area contributed by atoms with Gasteiger partial charge in [-0.2, -0.15) is 0 Å². The number of pyridine rings is 1. The highest BCUT2D eigenvalue weighted by Crippen LogP contribution is 2.51. The molecule has 0 radical (unpaired) electrons. The number of benzene rings is 3. The van der Waals surface area contributed by atoms with Crippen molar-refractivity contribution in [1.29, 1.82) is 0 Å². The minimum Gasteiger partial charge on any atom is -0.455 e. The molecule has 1 aliphatic rings. The van der Waals surface area contributed by atoms with Gasteiger partial charge in [0.25, 0.3) is 0 Å². The van der Waals surface area contributed by atoms with Gasteiger partial charge in [0.15, 0.2) is 6.20 Å². The third-order valence-electron chi connectivity index (χ3n) is 8.15. The van der Waals surface area contributed by atoms with E-state index < -0.39 is 0 Å². The topological polar surface area (TPSA) is 17.0 Å². The van der Waals surface area contributed by atoms with Crippen molar-refractivity contribution in [3.8, 4) is 11.3 Å². The summed E-state index contributed by atoms with van der Waals surface area (Å²) in [5.74, 6) is 0. The Bertz CT molecular complexity index is 1580. The lowest BCUT2D eigenvalue weighted by Crippen LogP contribution is -2.33. The molecular weight excluding hydrogens is 402 g/mol. The second-order valence-electron chi connectivity index (χ2n) is 11.2. The van der Waals surface area contributed by atoms with Gasteiger partial charge < -0.3 is 4.42 Å². The number of nitrogens with zero attached hydrogens (tertiary/aromatic N) is 1. The summed E-state index contributed by atoms with van der Waals surface area (Å²) in [6.45, 7) is 11.8. The van der Waals surface area contributed by atoms with Crippen molar-refractivity contribution in [3.05, 3.63) is 77.5 Å². The predicted octanol–water partition coefficient (Wildman–Crippen LogP) is 7.89. The zero-order valence-electron chi connectivity index (χ0n) is 20.5. The van der Waals surface area contributed by atoms with Crippen molar-refractivity contribution >= 4 is 32.7 Å². The van der Waals surface area contributed by atoms with E-state index >= 15 is 0 Å². The van der Waals surface area contributed by atoms with Crippen molar-refractivity contribution in [1.82, 2.24) is 0 Å². The van der Waals surface area contributed by atoms with Crippen LogP contribution >= 0.6 is 0 Å². The lowest BCUT2D eigenvalue weighted by molar-refractivity contribution is -0.660. The first-order valence-corrected chi connectivity index (χ1v) is 12.1. The van der Waals surface area contributed by atoms with Crippen LogP contribution in [0.5, 0.6) is 0 Å². The molecule has 166 valence electrons. The average Bonchev–Trinajstić information content (AvgIpc) is 3.17. The van der Waals surface area contributed by atoms with Gasteiger partial charge >= 0.3 is 0 Å². The molecule has 0 saturated heterocycles. The van der Waals surface area contributed by atoms with E-state index in [0.29, 0.717) is 0 Å². The highest BCUT2D eigenvalue weighted by Gasteiger charge is 2.40. The van der Waals surface area contributed by atoms with E-state index in [9.17, 15) is 0 Å². The Morgan fingerprint density at radius 2 is 1.45 bits per heavy atom. The van der Waals surface area contributed by atoms with Crippen molar-refractivity contribution in [3.63, 3.8) is 0 Å². The Labute approximate surface area is 195 Å². The van der Waals surface area contributed by atoms with E-state index in [2.05, 4.69) is 107 Å². The molecule has 0 N–H and O–H groups in total. The Hall–Kier alpha value is -3.13. The van der Waals surface area contributed by atoms with Crippen LogP contribution in [0.2, 0.25) is 0 Å². The van der Waals surface area contributed by atoms with Gasteiger partial charge in [-0.3, -0.25) is 0 Å². The van der Waals surface area contributed by atoms with Gasteiger partial charge in [-0.15, -0.1) is 0 Å². The van der Waals surface area contributed by atoms with Crippen LogP contribution in [-0.4, -0.2) is 0 Å². The van der Waals surface area contributed by atoms with Gasteiger partial charge in [0.2, 0.25) is 5.69 Å². The molecule has 33 heavy (non-hydrogen) atoms. The van der Waals surface area contributed by atoms with Crippen molar-refractivity contribution < 1.29 is 8.98 Å². The fourth-order valence-electron chi connectivity index (χ4n) is 6.15. The van der Waals surface area contributed by atoms with E-state index in [0.717, 1.165) is 11.2 Å². The fourth-order valence-corrected chi connectivity index (χ4v) is 6.15. The number of aryl methyl sites for hydroxylation is 2. The largest absolute Gasteiger partial charge is 0.455 e. The van der Waals surface area contributed by atoms with Gasteiger partial charge in [0.1, 0.15) is 18.2 Å². The minimum absolute atomic E-state index is 0.0840. The van der Waals surface area contributed by atoms with E-state index in [1.54, 1.807) is 0 Å². The van der Waals surface area contributed by atoms with Gasteiger partial charge in [0, 0.05) is 28.5 Å². The number of fused-ring (bicyclic) bond motifs is 7. The standard InChI is InChI=1S/C31H32NO/c1-19-20-11-7-8-12-21(20)26-22-14-15-23-27(31(4,5)17-16-30(23,2)3)28(22)33-29(26)25(19)24-13-9-10-18-32(24)6/h7-15,18H,16-17H2,1-6H3/q+1. The first-order valence-electron chi connectivity index (χ1n) is 12.1. The molecule has 1 aliphatic carbocycles. The Morgan fingerprint density at radius 3 is 2.21 bits per heavy atom. The van der Waals surface area contributed by atoms with Gasteiger partial charge in [-0.25, -0.2) is 4.57 Å². The molecule has 0 fully saturated rings. The number of hydrogen-bond acceptors (Lipinski definition) is 1. The highest BCUT2D eigenvalue weighted by molar-refractivity contribution is 6.23. The number of furan rings is 1. The summed E-state index contributed by atoms with van der Waals surface area (Å²) < 4.78 is 9.20. The van der Waals surface area contributed by atoms with Crippen LogP contribution in [0.25, 0.3) is 44.0 Å². The quantitative estimate of drug-likeness (QED) is 0.245. The molecule has 2 heteroatoms. The van der Waals surface area contributed by atoms with Crippen LogP contribution in [0.4, 0.5) is 0 Å². The Kier molecular flexibility index (Phi) is 4.15. The summed E-state index contributed by atoms with van der Waals surface area (Å²) in [6, 6.07) is 19.9. The lowest BCUT2D eigenvalue weighted by Gasteiger charge is -2.41. The molecule has 0 amide bonds. The zero-order valence-corrected chi connectivity index (χ0v) is 20.5. The van der Waals surface area contributed by atoms with Crippen LogP contribution in [0.15, 0.2) is 65.2 Å². The number of hydrogen-bond donors (Lipinski definition) is 0. The first kappa shape index (κ1) is 20.5. The molecule has 0 bridgehead atoms. The fraction of sp³-hybridized carbons (Fsp3) is 0.323. The molecule has 6 rings (SSSR count). The summed E-state index contributed by atoms with van der Waals surface area (Å²) in [4.78, 5) is 0.